The number of benzene rings is 2. The summed E-state index contributed by atoms with van der Waals surface area (Å²) in [4.78, 5) is 12.3. The van der Waals surface area contributed by atoms with E-state index in [1.54, 1.807) is 0 Å². The molecule has 1 N–H and O–H groups in total. The molecule has 0 aliphatic carbocycles. The molecule has 0 spiro atoms. The van der Waals surface area contributed by atoms with Crippen LogP contribution in [0.2, 0.25) is 0 Å². The van der Waals surface area contributed by atoms with Crippen LogP contribution in [0.4, 0.5) is 5.69 Å². The summed E-state index contributed by atoms with van der Waals surface area (Å²) in [6.07, 6.45) is 1.30. The lowest BCUT2D eigenvalue weighted by Crippen LogP contribution is -2.16. The van der Waals surface area contributed by atoms with Crippen molar-refractivity contribution in [2.24, 2.45) is 0 Å². The van der Waals surface area contributed by atoms with Crippen molar-refractivity contribution in [1.29, 1.82) is 0 Å². The van der Waals surface area contributed by atoms with Gasteiger partial charge in [-0.3, -0.25) is 4.79 Å². The number of hydrogen-bond acceptors (Lipinski definition) is 1. The highest BCUT2D eigenvalue weighted by atomic mass is 79.9. The summed E-state index contributed by atoms with van der Waals surface area (Å²) in [7, 11) is 0. The highest BCUT2D eigenvalue weighted by molar-refractivity contribution is 9.10. The van der Waals surface area contributed by atoms with Crippen LogP contribution in [-0.4, -0.2) is 5.91 Å². The van der Waals surface area contributed by atoms with E-state index in [1.807, 2.05) is 32.0 Å². The lowest BCUT2D eigenvalue weighted by molar-refractivity contribution is -0.115. The molecule has 0 atom stereocenters. The molecule has 2 nitrogen and oxygen atoms in total. The number of hydrogen-bond donors (Lipinski definition) is 1. The molecule has 0 saturated heterocycles. The SMILES string of the molecule is CCc1cc(Br)ccc1NC(=O)Cc1cc(C)ccc1C. The van der Waals surface area contributed by atoms with Crippen molar-refractivity contribution in [1.82, 2.24) is 0 Å². The van der Waals surface area contributed by atoms with Gasteiger partial charge in [0.05, 0.1) is 6.42 Å². The zero-order chi connectivity index (χ0) is 15.4. The van der Waals surface area contributed by atoms with Gasteiger partial charge in [0.25, 0.3) is 0 Å². The number of anilines is 1. The first-order valence-corrected chi connectivity index (χ1v) is 7.93. The molecule has 2 rings (SSSR count). The second kappa shape index (κ2) is 6.90. The average Bonchev–Trinajstić information content (AvgIpc) is 2.44. The van der Waals surface area contributed by atoms with Gasteiger partial charge in [-0.25, -0.2) is 0 Å². The molecule has 0 radical (unpaired) electrons. The van der Waals surface area contributed by atoms with Gasteiger partial charge in [0.15, 0.2) is 0 Å². The molecule has 2 aromatic carbocycles. The van der Waals surface area contributed by atoms with Crippen LogP contribution in [0.1, 0.15) is 29.2 Å². The normalized spacial score (nSPS) is 10.5. The molecule has 3 heteroatoms. The maximum Gasteiger partial charge on any atom is 0.228 e. The van der Waals surface area contributed by atoms with Gasteiger partial charge < -0.3 is 5.32 Å². The van der Waals surface area contributed by atoms with Crippen molar-refractivity contribution in [3.8, 4) is 0 Å². The molecule has 0 saturated carbocycles. The Bertz CT molecular complexity index is 664. The summed E-state index contributed by atoms with van der Waals surface area (Å²) in [5.74, 6) is 0.0284. The largest absolute Gasteiger partial charge is 0.326 e. The zero-order valence-electron chi connectivity index (χ0n) is 12.7. The predicted octanol–water partition coefficient (Wildman–Crippen LogP) is 4.81. The Morgan fingerprint density at radius 3 is 2.57 bits per heavy atom. The van der Waals surface area contributed by atoms with E-state index in [0.29, 0.717) is 6.42 Å². The Morgan fingerprint density at radius 2 is 1.86 bits per heavy atom. The van der Waals surface area contributed by atoms with Crippen LogP contribution in [0.5, 0.6) is 0 Å². The summed E-state index contributed by atoms with van der Waals surface area (Å²) in [6.45, 7) is 6.17. The molecule has 0 heterocycles. The van der Waals surface area contributed by atoms with E-state index in [1.165, 1.54) is 5.56 Å². The average molecular weight is 346 g/mol. The number of carbonyl (C=O) groups is 1. The Morgan fingerprint density at radius 1 is 1.10 bits per heavy atom. The predicted molar refractivity (Wildman–Crippen MR) is 91.8 cm³/mol. The molecular weight excluding hydrogens is 326 g/mol. The third kappa shape index (κ3) is 4.18. The summed E-state index contributed by atoms with van der Waals surface area (Å²) < 4.78 is 1.03. The minimum absolute atomic E-state index is 0.0284. The fourth-order valence-corrected chi connectivity index (χ4v) is 2.74. The number of carbonyl (C=O) groups excluding carboxylic acids is 1. The van der Waals surface area contributed by atoms with Gasteiger partial charge in [-0.2, -0.15) is 0 Å². The highest BCUT2D eigenvalue weighted by Gasteiger charge is 2.09. The fraction of sp³-hybridized carbons (Fsp3) is 0.278. The number of halogens is 1. The molecule has 110 valence electrons. The van der Waals surface area contributed by atoms with E-state index in [4.69, 9.17) is 0 Å². The summed E-state index contributed by atoms with van der Waals surface area (Å²) in [5.41, 5.74) is 5.46. The summed E-state index contributed by atoms with van der Waals surface area (Å²) >= 11 is 3.46. The molecule has 2 aromatic rings. The first-order valence-electron chi connectivity index (χ1n) is 7.14. The van der Waals surface area contributed by atoms with Crippen molar-refractivity contribution < 1.29 is 4.79 Å². The minimum Gasteiger partial charge on any atom is -0.326 e. The van der Waals surface area contributed by atoms with Gasteiger partial charge in [-0.05, 0) is 55.2 Å². The van der Waals surface area contributed by atoms with Gasteiger partial charge in [0.1, 0.15) is 0 Å². The molecule has 0 aliphatic heterocycles. The first kappa shape index (κ1) is 15.8. The smallest absolute Gasteiger partial charge is 0.228 e. The summed E-state index contributed by atoms with van der Waals surface area (Å²) in [5, 5.41) is 3.02. The molecule has 0 fully saturated rings. The Hall–Kier alpha value is -1.61. The number of nitrogens with one attached hydrogen (secondary N) is 1. The van der Waals surface area contributed by atoms with E-state index in [2.05, 4.69) is 46.4 Å². The van der Waals surface area contributed by atoms with E-state index < -0.39 is 0 Å². The maximum absolute atomic E-state index is 12.3. The maximum atomic E-state index is 12.3. The molecule has 0 aromatic heterocycles. The van der Waals surface area contributed by atoms with Gasteiger partial charge in [0.2, 0.25) is 5.91 Å². The molecular formula is C18H20BrNO. The van der Waals surface area contributed by atoms with Crippen LogP contribution >= 0.6 is 15.9 Å². The Kier molecular flexibility index (Phi) is 5.18. The Labute approximate surface area is 134 Å². The standard InChI is InChI=1S/C18H20BrNO/c1-4-14-10-16(19)7-8-17(14)20-18(21)11-15-9-12(2)5-6-13(15)3/h5-10H,4,11H2,1-3H3,(H,20,21). The Balaban J connectivity index is 2.13. The van der Waals surface area contributed by atoms with Crippen molar-refractivity contribution in [3.63, 3.8) is 0 Å². The van der Waals surface area contributed by atoms with Crippen molar-refractivity contribution in [3.05, 3.63) is 63.1 Å². The van der Waals surface area contributed by atoms with Crippen molar-refractivity contribution in [2.45, 2.75) is 33.6 Å². The van der Waals surface area contributed by atoms with Crippen LogP contribution in [0.25, 0.3) is 0 Å². The van der Waals surface area contributed by atoms with Crippen LogP contribution in [0.3, 0.4) is 0 Å². The molecule has 1 amide bonds. The minimum atomic E-state index is 0.0284. The molecule has 0 aliphatic rings. The molecule has 21 heavy (non-hydrogen) atoms. The molecule has 0 bridgehead atoms. The number of rotatable bonds is 4. The molecule has 0 unspecified atom stereocenters. The van der Waals surface area contributed by atoms with Crippen molar-refractivity contribution >= 4 is 27.5 Å². The van der Waals surface area contributed by atoms with Crippen LogP contribution in [0, 0.1) is 13.8 Å². The highest BCUT2D eigenvalue weighted by Crippen LogP contribution is 2.22. The van der Waals surface area contributed by atoms with Crippen LogP contribution in [-0.2, 0) is 17.6 Å². The van der Waals surface area contributed by atoms with Gasteiger partial charge in [-0.15, -0.1) is 0 Å². The first-order chi connectivity index (χ1) is 9.99. The number of amides is 1. The van der Waals surface area contributed by atoms with Crippen molar-refractivity contribution in [2.75, 3.05) is 5.32 Å². The third-order valence-electron chi connectivity index (χ3n) is 3.58. The monoisotopic (exact) mass is 345 g/mol. The van der Waals surface area contributed by atoms with Crippen LogP contribution < -0.4 is 5.32 Å². The van der Waals surface area contributed by atoms with Gasteiger partial charge >= 0.3 is 0 Å². The van der Waals surface area contributed by atoms with Crippen LogP contribution in [0.15, 0.2) is 40.9 Å². The fourth-order valence-electron chi connectivity index (χ4n) is 2.33. The van der Waals surface area contributed by atoms with E-state index in [0.717, 1.165) is 33.3 Å². The van der Waals surface area contributed by atoms with E-state index in [-0.39, 0.29) is 5.91 Å². The second-order valence-electron chi connectivity index (χ2n) is 5.31. The van der Waals surface area contributed by atoms with Gasteiger partial charge in [0, 0.05) is 10.2 Å². The number of aryl methyl sites for hydroxylation is 3. The summed E-state index contributed by atoms with van der Waals surface area (Å²) in [6, 6.07) is 12.2. The van der Waals surface area contributed by atoms with Gasteiger partial charge in [-0.1, -0.05) is 46.6 Å². The third-order valence-corrected chi connectivity index (χ3v) is 4.07. The zero-order valence-corrected chi connectivity index (χ0v) is 14.3. The lowest BCUT2D eigenvalue weighted by Gasteiger charge is -2.12. The second-order valence-corrected chi connectivity index (χ2v) is 6.23. The topological polar surface area (TPSA) is 29.1 Å². The van der Waals surface area contributed by atoms with E-state index in [9.17, 15) is 4.79 Å². The lowest BCUT2D eigenvalue weighted by atomic mass is 10.0. The van der Waals surface area contributed by atoms with E-state index >= 15 is 0 Å². The quantitative estimate of drug-likeness (QED) is 0.846.